The van der Waals surface area contributed by atoms with Crippen molar-refractivity contribution in [2.24, 2.45) is 22.2 Å². The van der Waals surface area contributed by atoms with E-state index in [1.807, 2.05) is 0 Å². The molecule has 2 atom stereocenters. The lowest BCUT2D eigenvalue weighted by atomic mass is 10.1. The Bertz CT molecular complexity index is 305. The number of nitrogens with two attached hydrogens (primary N) is 3. The van der Waals surface area contributed by atoms with E-state index in [-0.39, 0.29) is 24.8 Å². The molecule has 0 fully saturated rings. The van der Waals surface area contributed by atoms with E-state index in [1.165, 1.54) is 6.92 Å². The molecule has 0 heterocycles. The fourth-order valence-electron chi connectivity index (χ4n) is 1.06. The van der Waals surface area contributed by atoms with Gasteiger partial charge in [0.1, 0.15) is 6.04 Å². The normalized spacial score (nSPS) is 12.8. The van der Waals surface area contributed by atoms with Crippen molar-refractivity contribution in [2.45, 2.75) is 31.8 Å². The van der Waals surface area contributed by atoms with Gasteiger partial charge in [-0.1, -0.05) is 0 Å². The van der Waals surface area contributed by atoms with Crippen molar-refractivity contribution in [3.8, 4) is 0 Å². The number of carboxylic acid groups (broad SMARTS) is 1. The van der Waals surface area contributed by atoms with E-state index in [0.717, 1.165) is 0 Å². The van der Waals surface area contributed by atoms with E-state index < -0.39 is 24.0 Å². The van der Waals surface area contributed by atoms with Gasteiger partial charge in [0, 0.05) is 6.54 Å². The van der Waals surface area contributed by atoms with E-state index >= 15 is 0 Å². The van der Waals surface area contributed by atoms with E-state index in [4.69, 9.17) is 22.3 Å². The average Bonchev–Trinajstić information content (AvgIpc) is 2.21. The maximum Gasteiger partial charge on any atom is 0.326 e. The van der Waals surface area contributed by atoms with E-state index in [2.05, 4.69) is 10.3 Å². The van der Waals surface area contributed by atoms with Gasteiger partial charge in [0.2, 0.25) is 5.91 Å². The molecule has 0 saturated carbocycles. The predicted molar refractivity (Wildman–Crippen MR) is 70.4 cm³/mol. The summed E-state index contributed by atoms with van der Waals surface area (Å²) in [5, 5.41) is 11.2. The third-order valence-electron chi connectivity index (χ3n) is 1.97. The Labute approximate surface area is 111 Å². The van der Waals surface area contributed by atoms with E-state index in [0.29, 0.717) is 13.0 Å². The molecular formula is C9H20ClN5O3. The van der Waals surface area contributed by atoms with Gasteiger partial charge in [-0.2, -0.15) is 0 Å². The van der Waals surface area contributed by atoms with Gasteiger partial charge in [0.05, 0.1) is 6.04 Å². The lowest BCUT2D eigenvalue weighted by Gasteiger charge is -2.15. The Kier molecular flexibility index (Phi) is 9.92. The van der Waals surface area contributed by atoms with Crippen LogP contribution >= 0.6 is 12.4 Å². The van der Waals surface area contributed by atoms with Crippen molar-refractivity contribution >= 4 is 30.2 Å². The van der Waals surface area contributed by atoms with Crippen molar-refractivity contribution in [3.05, 3.63) is 0 Å². The maximum atomic E-state index is 11.2. The minimum Gasteiger partial charge on any atom is -0.480 e. The molecule has 0 spiro atoms. The highest BCUT2D eigenvalue weighted by atomic mass is 35.5. The van der Waals surface area contributed by atoms with Gasteiger partial charge < -0.3 is 27.6 Å². The third-order valence-corrected chi connectivity index (χ3v) is 1.97. The number of carboxylic acids is 1. The topological polar surface area (TPSA) is 157 Å². The number of amides is 1. The molecule has 1 amide bonds. The molecule has 9 heteroatoms. The van der Waals surface area contributed by atoms with Gasteiger partial charge in [0.25, 0.3) is 0 Å². The van der Waals surface area contributed by atoms with Gasteiger partial charge in [-0.25, -0.2) is 4.79 Å². The lowest BCUT2D eigenvalue weighted by Crippen LogP contribution is -2.47. The van der Waals surface area contributed by atoms with Crippen molar-refractivity contribution in [2.75, 3.05) is 6.54 Å². The molecule has 0 aliphatic heterocycles. The predicted octanol–water partition coefficient (Wildman–Crippen LogP) is -1.62. The number of carbonyl (C=O) groups is 2. The van der Waals surface area contributed by atoms with Crippen LogP contribution in [0.5, 0.6) is 0 Å². The SMILES string of the molecule is C[C@H](N)C(=O)N[C@@H](CCCN=C(N)N)C(=O)O.Cl. The third kappa shape index (κ3) is 8.59. The average molecular weight is 282 g/mol. The molecule has 0 bridgehead atoms. The quantitative estimate of drug-likeness (QED) is 0.214. The minimum absolute atomic E-state index is 0. The number of nitrogens with one attached hydrogen (secondary N) is 1. The fourth-order valence-corrected chi connectivity index (χ4v) is 1.06. The summed E-state index contributed by atoms with van der Waals surface area (Å²) in [6, 6.07) is -1.71. The summed E-state index contributed by atoms with van der Waals surface area (Å²) < 4.78 is 0. The zero-order chi connectivity index (χ0) is 13.4. The summed E-state index contributed by atoms with van der Waals surface area (Å²) in [4.78, 5) is 25.8. The monoisotopic (exact) mass is 281 g/mol. The first-order valence-electron chi connectivity index (χ1n) is 5.18. The fraction of sp³-hybridized carbons (Fsp3) is 0.667. The van der Waals surface area contributed by atoms with Gasteiger partial charge >= 0.3 is 5.97 Å². The van der Waals surface area contributed by atoms with Crippen LogP contribution in [0.3, 0.4) is 0 Å². The van der Waals surface area contributed by atoms with Crippen LogP contribution in [0.1, 0.15) is 19.8 Å². The van der Waals surface area contributed by atoms with Crippen molar-refractivity contribution < 1.29 is 14.7 Å². The van der Waals surface area contributed by atoms with Crippen LogP contribution in [0, 0.1) is 0 Å². The first kappa shape index (κ1) is 18.8. The number of aliphatic carboxylic acids is 1. The Morgan fingerprint density at radius 1 is 1.39 bits per heavy atom. The Morgan fingerprint density at radius 2 is 1.94 bits per heavy atom. The number of rotatable bonds is 7. The summed E-state index contributed by atoms with van der Waals surface area (Å²) in [5.74, 6) is -1.65. The highest BCUT2D eigenvalue weighted by Crippen LogP contribution is 1.99. The highest BCUT2D eigenvalue weighted by Gasteiger charge is 2.20. The van der Waals surface area contributed by atoms with Crippen LogP contribution in [0.25, 0.3) is 0 Å². The smallest absolute Gasteiger partial charge is 0.326 e. The number of halogens is 1. The standard InChI is InChI=1S/C9H19N5O3.ClH/c1-5(10)7(15)14-6(8(16)17)3-2-4-13-9(11)12;/h5-6H,2-4,10H2,1H3,(H,14,15)(H,16,17)(H4,11,12,13);1H/t5-,6-;/m0./s1. The summed E-state index contributed by atoms with van der Waals surface area (Å²) in [7, 11) is 0. The molecule has 0 unspecified atom stereocenters. The van der Waals surface area contributed by atoms with Gasteiger partial charge in [0.15, 0.2) is 5.96 Å². The molecule has 106 valence electrons. The molecule has 0 aromatic carbocycles. The van der Waals surface area contributed by atoms with Crippen LogP contribution in [-0.2, 0) is 9.59 Å². The second kappa shape index (κ2) is 9.49. The van der Waals surface area contributed by atoms with Crippen LogP contribution in [0.2, 0.25) is 0 Å². The molecule has 8 nitrogen and oxygen atoms in total. The minimum atomic E-state index is -1.11. The summed E-state index contributed by atoms with van der Waals surface area (Å²) in [6.07, 6.45) is 0.693. The zero-order valence-corrected chi connectivity index (χ0v) is 10.9. The van der Waals surface area contributed by atoms with Crippen molar-refractivity contribution in [1.29, 1.82) is 0 Å². The van der Waals surface area contributed by atoms with Crippen molar-refractivity contribution in [1.82, 2.24) is 5.32 Å². The number of aliphatic imine (C=N–C) groups is 1. The first-order valence-corrected chi connectivity index (χ1v) is 5.18. The van der Waals surface area contributed by atoms with E-state index in [9.17, 15) is 9.59 Å². The molecular weight excluding hydrogens is 262 g/mol. The van der Waals surface area contributed by atoms with Gasteiger partial charge in [-0.15, -0.1) is 12.4 Å². The molecule has 8 N–H and O–H groups in total. The van der Waals surface area contributed by atoms with Crippen LogP contribution in [0.15, 0.2) is 4.99 Å². The maximum absolute atomic E-state index is 11.2. The molecule has 0 saturated heterocycles. The molecule has 0 rings (SSSR count). The second-order valence-electron chi connectivity index (χ2n) is 3.64. The Morgan fingerprint density at radius 3 is 2.33 bits per heavy atom. The highest BCUT2D eigenvalue weighted by molar-refractivity contribution is 5.86. The van der Waals surface area contributed by atoms with Gasteiger partial charge in [-0.3, -0.25) is 9.79 Å². The zero-order valence-electron chi connectivity index (χ0n) is 10.1. The molecule has 0 aromatic rings. The van der Waals surface area contributed by atoms with Crippen LogP contribution in [-0.4, -0.2) is 41.6 Å². The molecule has 0 aromatic heterocycles. The lowest BCUT2D eigenvalue weighted by molar-refractivity contribution is -0.142. The molecule has 0 aliphatic carbocycles. The van der Waals surface area contributed by atoms with Crippen LogP contribution < -0.4 is 22.5 Å². The summed E-state index contributed by atoms with van der Waals surface area (Å²) >= 11 is 0. The summed E-state index contributed by atoms with van der Waals surface area (Å²) in [5.41, 5.74) is 15.5. The number of hydrogen-bond donors (Lipinski definition) is 5. The summed E-state index contributed by atoms with van der Waals surface area (Å²) in [6.45, 7) is 1.80. The second-order valence-corrected chi connectivity index (χ2v) is 3.64. The Hall–Kier alpha value is -1.54. The first-order chi connectivity index (χ1) is 7.84. The number of guanidine groups is 1. The molecule has 18 heavy (non-hydrogen) atoms. The number of hydrogen-bond acceptors (Lipinski definition) is 4. The van der Waals surface area contributed by atoms with Gasteiger partial charge in [-0.05, 0) is 19.8 Å². The Balaban J connectivity index is 0. The number of carbonyl (C=O) groups excluding carboxylic acids is 1. The van der Waals surface area contributed by atoms with E-state index in [1.54, 1.807) is 0 Å². The van der Waals surface area contributed by atoms with Crippen LogP contribution in [0.4, 0.5) is 0 Å². The molecule has 0 aliphatic rings. The van der Waals surface area contributed by atoms with Crippen molar-refractivity contribution in [3.63, 3.8) is 0 Å². The largest absolute Gasteiger partial charge is 0.480 e. The number of nitrogens with zero attached hydrogens (tertiary/aromatic N) is 1. The molecule has 0 radical (unpaired) electrons.